The predicted octanol–water partition coefficient (Wildman–Crippen LogP) is 2.86. The van der Waals surface area contributed by atoms with E-state index in [0.717, 1.165) is 18.6 Å². The highest BCUT2D eigenvalue weighted by Crippen LogP contribution is 2.31. The molecule has 2 heteroatoms. The standard InChI is InChI=1S/C14H20O2/c1-10-8-11(2)14(13(15)9-10)16-12-6-4-3-5-7-12/h3-7,10-11,13-15H,8-9H2,1-2H3. The van der Waals surface area contributed by atoms with Gasteiger partial charge in [0.05, 0.1) is 6.10 Å². The maximum Gasteiger partial charge on any atom is 0.127 e. The van der Waals surface area contributed by atoms with Crippen molar-refractivity contribution >= 4 is 0 Å². The minimum atomic E-state index is -0.334. The first-order valence-corrected chi connectivity index (χ1v) is 6.06. The van der Waals surface area contributed by atoms with E-state index < -0.39 is 0 Å². The SMILES string of the molecule is CC1CC(C)C(Oc2ccccc2)C(O)C1. The molecule has 1 saturated carbocycles. The van der Waals surface area contributed by atoms with Crippen molar-refractivity contribution in [2.45, 2.75) is 38.9 Å². The van der Waals surface area contributed by atoms with Crippen LogP contribution in [0, 0.1) is 11.8 Å². The fourth-order valence-corrected chi connectivity index (χ4v) is 2.64. The van der Waals surface area contributed by atoms with Crippen molar-refractivity contribution in [1.82, 2.24) is 0 Å². The smallest absolute Gasteiger partial charge is 0.127 e. The number of ether oxygens (including phenoxy) is 1. The highest BCUT2D eigenvalue weighted by atomic mass is 16.5. The van der Waals surface area contributed by atoms with Gasteiger partial charge in [-0.05, 0) is 36.8 Å². The van der Waals surface area contributed by atoms with Crippen molar-refractivity contribution in [1.29, 1.82) is 0 Å². The van der Waals surface area contributed by atoms with Crippen molar-refractivity contribution in [3.05, 3.63) is 30.3 Å². The Labute approximate surface area is 97.3 Å². The van der Waals surface area contributed by atoms with Gasteiger partial charge in [0.15, 0.2) is 0 Å². The second-order valence-corrected chi connectivity index (χ2v) is 5.02. The molecule has 4 unspecified atom stereocenters. The Morgan fingerprint density at radius 3 is 2.44 bits per heavy atom. The number of rotatable bonds is 2. The van der Waals surface area contributed by atoms with Crippen LogP contribution in [0.2, 0.25) is 0 Å². The summed E-state index contributed by atoms with van der Waals surface area (Å²) in [6, 6.07) is 9.76. The van der Waals surface area contributed by atoms with E-state index in [2.05, 4.69) is 13.8 Å². The number of aliphatic hydroxyl groups excluding tert-OH is 1. The largest absolute Gasteiger partial charge is 0.487 e. The summed E-state index contributed by atoms with van der Waals surface area (Å²) in [6.45, 7) is 4.35. The number of hydrogen-bond donors (Lipinski definition) is 1. The third-order valence-electron chi connectivity index (χ3n) is 3.37. The predicted molar refractivity (Wildman–Crippen MR) is 64.4 cm³/mol. The highest BCUT2D eigenvalue weighted by Gasteiger charge is 2.34. The van der Waals surface area contributed by atoms with Crippen molar-refractivity contribution in [2.24, 2.45) is 11.8 Å². The van der Waals surface area contributed by atoms with E-state index in [1.165, 1.54) is 0 Å². The van der Waals surface area contributed by atoms with E-state index >= 15 is 0 Å². The summed E-state index contributed by atoms with van der Waals surface area (Å²) >= 11 is 0. The molecule has 1 aromatic carbocycles. The summed E-state index contributed by atoms with van der Waals surface area (Å²) in [4.78, 5) is 0. The first-order chi connectivity index (χ1) is 7.66. The Balaban J connectivity index is 2.03. The van der Waals surface area contributed by atoms with Crippen molar-refractivity contribution in [3.8, 4) is 5.75 Å². The van der Waals surface area contributed by atoms with E-state index in [4.69, 9.17) is 4.74 Å². The van der Waals surface area contributed by atoms with E-state index in [1.54, 1.807) is 0 Å². The first-order valence-electron chi connectivity index (χ1n) is 6.06. The Kier molecular flexibility index (Phi) is 3.49. The van der Waals surface area contributed by atoms with E-state index in [1.807, 2.05) is 30.3 Å². The third-order valence-corrected chi connectivity index (χ3v) is 3.37. The highest BCUT2D eigenvalue weighted by molar-refractivity contribution is 5.21. The Hall–Kier alpha value is -1.02. The van der Waals surface area contributed by atoms with Crippen LogP contribution in [0.5, 0.6) is 5.75 Å². The number of hydrogen-bond acceptors (Lipinski definition) is 2. The molecular weight excluding hydrogens is 200 g/mol. The molecule has 2 rings (SSSR count). The molecule has 0 amide bonds. The molecule has 0 heterocycles. The molecular formula is C14H20O2. The first kappa shape index (κ1) is 11.5. The topological polar surface area (TPSA) is 29.5 Å². The van der Waals surface area contributed by atoms with E-state index in [0.29, 0.717) is 11.8 Å². The molecule has 1 aromatic rings. The van der Waals surface area contributed by atoms with Crippen LogP contribution in [0.4, 0.5) is 0 Å². The summed E-state index contributed by atoms with van der Waals surface area (Å²) in [5, 5.41) is 10.0. The Bertz CT molecular complexity index is 311. The molecule has 0 radical (unpaired) electrons. The van der Waals surface area contributed by atoms with Gasteiger partial charge in [-0.15, -0.1) is 0 Å². The average Bonchev–Trinajstić information content (AvgIpc) is 2.25. The van der Waals surface area contributed by atoms with Crippen LogP contribution in [0.25, 0.3) is 0 Å². The maximum absolute atomic E-state index is 10.0. The molecule has 1 N–H and O–H groups in total. The van der Waals surface area contributed by atoms with Crippen LogP contribution in [0.1, 0.15) is 26.7 Å². The van der Waals surface area contributed by atoms with Crippen molar-refractivity contribution < 1.29 is 9.84 Å². The van der Waals surface area contributed by atoms with Gasteiger partial charge < -0.3 is 9.84 Å². The van der Waals surface area contributed by atoms with Gasteiger partial charge in [0, 0.05) is 0 Å². The molecule has 4 atom stereocenters. The zero-order valence-corrected chi connectivity index (χ0v) is 9.97. The van der Waals surface area contributed by atoms with Crippen molar-refractivity contribution in [3.63, 3.8) is 0 Å². The summed E-state index contributed by atoms with van der Waals surface area (Å²) in [7, 11) is 0. The molecule has 0 bridgehead atoms. The molecule has 0 saturated heterocycles. The summed E-state index contributed by atoms with van der Waals surface area (Å²) < 4.78 is 5.88. The lowest BCUT2D eigenvalue weighted by atomic mass is 9.79. The minimum Gasteiger partial charge on any atom is -0.487 e. The van der Waals surface area contributed by atoms with Gasteiger partial charge >= 0.3 is 0 Å². The second kappa shape index (κ2) is 4.88. The van der Waals surface area contributed by atoms with Gasteiger partial charge in [-0.25, -0.2) is 0 Å². The molecule has 0 aliphatic heterocycles. The fourth-order valence-electron chi connectivity index (χ4n) is 2.64. The molecule has 0 spiro atoms. The van der Waals surface area contributed by atoms with Gasteiger partial charge in [0.2, 0.25) is 0 Å². The van der Waals surface area contributed by atoms with Crippen LogP contribution in [0.3, 0.4) is 0 Å². The maximum atomic E-state index is 10.0. The average molecular weight is 220 g/mol. The quantitative estimate of drug-likeness (QED) is 0.830. The Morgan fingerprint density at radius 1 is 1.12 bits per heavy atom. The number of benzene rings is 1. The molecule has 88 valence electrons. The lowest BCUT2D eigenvalue weighted by molar-refractivity contribution is -0.0388. The normalized spacial score (nSPS) is 34.7. The van der Waals surface area contributed by atoms with E-state index in [9.17, 15) is 5.11 Å². The zero-order chi connectivity index (χ0) is 11.5. The van der Waals surface area contributed by atoms with Gasteiger partial charge in [-0.3, -0.25) is 0 Å². The molecule has 1 aliphatic rings. The molecule has 1 aliphatic carbocycles. The van der Waals surface area contributed by atoms with Gasteiger partial charge in [0.25, 0.3) is 0 Å². The summed E-state index contributed by atoms with van der Waals surface area (Å²) in [5.41, 5.74) is 0. The molecule has 16 heavy (non-hydrogen) atoms. The van der Waals surface area contributed by atoms with Gasteiger partial charge in [-0.2, -0.15) is 0 Å². The van der Waals surface area contributed by atoms with Crippen LogP contribution < -0.4 is 4.74 Å². The van der Waals surface area contributed by atoms with Crippen LogP contribution in [-0.2, 0) is 0 Å². The zero-order valence-electron chi connectivity index (χ0n) is 9.97. The number of para-hydroxylation sites is 1. The lowest BCUT2D eigenvalue weighted by Gasteiger charge is -2.36. The van der Waals surface area contributed by atoms with E-state index in [-0.39, 0.29) is 12.2 Å². The van der Waals surface area contributed by atoms with Crippen molar-refractivity contribution in [2.75, 3.05) is 0 Å². The van der Waals surface area contributed by atoms with Gasteiger partial charge in [0.1, 0.15) is 11.9 Å². The second-order valence-electron chi connectivity index (χ2n) is 5.02. The van der Waals surface area contributed by atoms with Gasteiger partial charge in [-0.1, -0.05) is 32.0 Å². The monoisotopic (exact) mass is 220 g/mol. The van der Waals surface area contributed by atoms with Crippen LogP contribution >= 0.6 is 0 Å². The number of aliphatic hydroxyl groups is 1. The Morgan fingerprint density at radius 2 is 1.81 bits per heavy atom. The molecule has 1 fully saturated rings. The minimum absolute atomic E-state index is 0.0569. The fraction of sp³-hybridized carbons (Fsp3) is 0.571. The summed E-state index contributed by atoms with van der Waals surface area (Å²) in [6.07, 6.45) is 1.59. The molecule has 2 nitrogen and oxygen atoms in total. The summed E-state index contributed by atoms with van der Waals surface area (Å²) in [5.74, 6) is 1.87. The third kappa shape index (κ3) is 2.56. The lowest BCUT2D eigenvalue weighted by Crippen LogP contribution is -2.43. The molecule has 0 aromatic heterocycles. The van der Waals surface area contributed by atoms with Crippen LogP contribution in [0.15, 0.2) is 30.3 Å². The van der Waals surface area contributed by atoms with Crippen LogP contribution in [-0.4, -0.2) is 17.3 Å².